The van der Waals surface area contributed by atoms with E-state index in [1.54, 1.807) is 22.4 Å². The number of nitrogens with zero attached hydrogens (tertiary/aromatic N) is 4. The van der Waals surface area contributed by atoms with E-state index < -0.39 is 5.92 Å². The van der Waals surface area contributed by atoms with Crippen molar-refractivity contribution in [2.24, 2.45) is 0 Å². The van der Waals surface area contributed by atoms with Gasteiger partial charge in [0, 0.05) is 62.0 Å². The number of hydrogen-bond donors (Lipinski definition) is 2. The smallest absolute Gasteiger partial charge is 0.250 e. The minimum atomic E-state index is -2.60. The fourth-order valence-corrected chi connectivity index (χ4v) is 5.58. The summed E-state index contributed by atoms with van der Waals surface area (Å²) in [7, 11) is 0. The van der Waals surface area contributed by atoms with Crippen LogP contribution < -0.4 is 5.32 Å². The average Bonchev–Trinajstić information content (AvgIpc) is 3.53. The first kappa shape index (κ1) is 23.1. The number of benzene rings is 1. The Hall–Kier alpha value is -3.37. The van der Waals surface area contributed by atoms with Crippen LogP contribution in [0, 0.1) is 0 Å². The zero-order valence-electron chi connectivity index (χ0n) is 19.6. The lowest BCUT2D eigenvalue weighted by Gasteiger charge is -2.33. The molecule has 0 unspecified atom stereocenters. The number of aromatic nitrogens is 3. The van der Waals surface area contributed by atoms with Gasteiger partial charge in [0.2, 0.25) is 5.91 Å². The van der Waals surface area contributed by atoms with E-state index in [-0.39, 0.29) is 38.4 Å². The van der Waals surface area contributed by atoms with Crippen LogP contribution in [0.15, 0.2) is 48.1 Å². The van der Waals surface area contributed by atoms with E-state index in [4.69, 9.17) is 0 Å². The van der Waals surface area contributed by atoms with Gasteiger partial charge in [-0.05, 0) is 42.3 Å². The third-order valence-corrected chi connectivity index (χ3v) is 7.79. The molecule has 4 aromatic rings. The molecule has 2 aliphatic rings. The number of rotatable bonds is 5. The highest BCUT2D eigenvalue weighted by atomic mass is 32.1. The molecule has 10 heteroatoms. The van der Waals surface area contributed by atoms with Gasteiger partial charge in [-0.2, -0.15) is 0 Å². The van der Waals surface area contributed by atoms with Crippen LogP contribution in [0.25, 0.3) is 26.8 Å². The van der Waals surface area contributed by atoms with Gasteiger partial charge in [0.15, 0.2) is 0 Å². The molecule has 0 spiro atoms. The molecule has 6 rings (SSSR count). The zero-order valence-corrected chi connectivity index (χ0v) is 20.5. The van der Waals surface area contributed by atoms with Crippen molar-refractivity contribution in [2.75, 3.05) is 38.0 Å². The zero-order chi connectivity index (χ0) is 24.7. The predicted molar refractivity (Wildman–Crippen MR) is 139 cm³/mol. The van der Waals surface area contributed by atoms with Crippen molar-refractivity contribution in [1.29, 1.82) is 0 Å². The summed E-state index contributed by atoms with van der Waals surface area (Å²) in [5.74, 6) is -2.60. The first-order chi connectivity index (χ1) is 17.4. The van der Waals surface area contributed by atoms with Crippen LogP contribution in [0.3, 0.4) is 0 Å². The summed E-state index contributed by atoms with van der Waals surface area (Å²) in [5, 5.41) is 4.50. The quantitative estimate of drug-likeness (QED) is 0.384. The lowest BCUT2D eigenvalue weighted by molar-refractivity contribution is -0.134. The molecule has 5 heterocycles. The van der Waals surface area contributed by atoms with E-state index in [0.717, 1.165) is 50.3 Å². The second-order valence-corrected chi connectivity index (χ2v) is 10.3. The Balaban J connectivity index is 1.14. The summed E-state index contributed by atoms with van der Waals surface area (Å²) < 4.78 is 27.9. The van der Waals surface area contributed by atoms with Crippen molar-refractivity contribution in [3.05, 3.63) is 53.8 Å². The van der Waals surface area contributed by atoms with Gasteiger partial charge in [0.05, 0.1) is 28.0 Å². The number of halogens is 2. The molecule has 3 aromatic heterocycles. The first-order valence-electron chi connectivity index (χ1n) is 12.1. The molecular weight excluding hydrogens is 482 g/mol. The fraction of sp³-hybridized carbons (Fsp3) is 0.346. The van der Waals surface area contributed by atoms with Gasteiger partial charge in [-0.15, -0.1) is 11.3 Å². The molecule has 1 fully saturated rings. The number of hydrogen-bond acceptors (Lipinski definition) is 6. The maximum atomic E-state index is 13.4. The summed E-state index contributed by atoms with van der Waals surface area (Å²) >= 11 is 1.61. The highest BCUT2D eigenvalue weighted by Crippen LogP contribution is 2.32. The third-order valence-electron chi connectivity index (χ3n) is 7.00. The summed E-state index contributed by atoms with van der Waals surface area (Å²) in [6.45, 7) is 1.87. The minimum absolute atomic E-state index is 0.00164. The number of fused-ring (bicyclic) bond motifs is 2. The van der Waals surface area contributed by atoms with E-state index in [9.17, 15) is 13.6 Å². The van der Waals surface area contributed by atoms with Gasteiger partial charge in [-0.3, -0.25) is 9.69 Å². The summed E-state index contributed by atoms with van der Waals surface area (Å²) in [6.07, 6.45) is 4.23. The van der Waals surface area contributed by atoms with Crippen LogP contribution >= 0.6 is 11.3 Å². The molecular formula is C26H26F2N6OS. The Morgan fingerprint density at radius 3 is 2.81 bits per heavy atom. The minimum Gasteiger partial charge on any atom is -0.355 e. The Labute approximate surface area is 210 Å². The second kappa shape index (κ2) is 9.25. The van der Waals surface area contributed by atoms with Crippen molar-refractivity contribution < 1.29 is 13.6 Å². The Morgan fingerprint density at radius 2 is 2.00 bits per heavy atom. The summed E-state index contributed by atoms with van der Waals surface area (Å²) in [4.78, 5) is 28.6. The van der Waals surface area contributed by atoms with Gasteiger partial charge >= 0.3 is 0 Å². The Bertz CT molecular complexity index is 1450. The highest BCUT2D eigenvalue weighted by molar-refractivity contribution is 7.16. The molecule has 2 N–H and O–H groups in total. The number of likely N-dealkylation sites (tertiary alicyclic amines) is 1. The van der Waals surface area contributed by atoms with Crippen LogP contribution in [0.2, 0.25) is 0 Å². The standard InChI is InChI=1S/C26H26F2N6OS/c27-26(28)6-11-33(12-7-26)15-24(35)34-9-4-17(5-10-34)22-14-19-20(3-8-29-25(19)32-22)31-18-1-2-21-23(13-18)36-16-30-21/h1-4,8,13-14,16H,5-7,9-12,15H2,(H2,29,31,32). The Kier molecular flexibility index (Phi) is 5.93. The largest absolute Gasteiger partial charge is 0.355 e. The van der Waals surface area contributed by atoms with Crippen molar-refractivity contribution in [1.82, 2.24) is 24.8 Å². The fourth-order valence-electron chi connectivity index (χ4n) is 4.87. The van der Waals surface area contributed by atoms with E-state index in [0.29, 0.717) is 13.1 Å². The molecule has 36 heavy (non-hydrogen) atoms. The maximum Gasteiger partial charge on any atom is 0.250 e. The number of pyridine rings is 1. The topological polar surface area (TPSA) is 77.2 Å². The van der Waals surface area contributed by atoms with Crippen LogP contribution in [0.4, 0.5) is 20.2 Å². The van der Waals surface area contributed by atoms with E-state index in [2.05, 4.69) is 38.5 Å². The number of nitrogens with one attached hydrogen (secondary N) is 2. The third kappa shape index (κ3) is 4.70. The second-order valence-electron chi connectivity index (χ2n) is 9.41. The van der Waals surface area contributed by atoms with Crippen LogP contribution in [0.1, 0.15) is 25.0 Å². The molecule has 0 bridgehead atoms. The number of carbonyl (C=O) groups excluding carboxylic acids is 1. The van der Waals surface area contributed by atoms with E-state index in [1.807, 2.05) is 28.6 Å². The molecule has 2 aliphatic heterocycles. The molecule has 1 aromatic carbocycles. The van der Waals surface area contributed by atoms with E-state index >= 15 is 0 Å². The molecule has 0 saturated carbocycles. The molecule has 0 radical (unpaired) electrons. The van der Waals surface area contributed by atoms with Gasteiger partial charge in [0.1, 0.15) is 5.65 Å². The normalized spacial score (nSPS) is 18.5. The number of thiazole rings is 1. The number of amides is 1. The molecule has 1 saturated heterocycles. The van der Waals surface area contributed by atoms with Gasteiger partial charge in [0.25, 0.3) is 5.92 Å². The summed E-state index contributed by atoms with van der Waals surface area (Å²) in [5.41, 5.74) is 7.73. The van der Waals surface area contributed by atoms with Gasteiger partial charge < -0.3 is 15.2 Å². The van der Waals surface area contributed by atoms with Crippen molar-refractivity contribution in [3.63, 3.8) is 0 Å². The number of H-pyrrole nitrogens is 1. The number of anilines is 2. The van der Waals surface area contributed by atoms with Crippen molar-refractivity contribution in [3.8, 4) is 0 Å². The molecule has 0 aliphatic carbocycles. The first-order valence-corrected chi connectivity index (χ1v) is 13.0. The van der Waals surface area contributed by atoms with E-state index in [1.165, 1.54) is 0 Å². The van der Waals surface area contributed by atoms with Gasteiger partial charge in [-0.1, -0.05) is 6.08 Å². The molecule has 7 nitrogen and oxygen atoms in total. The SMILES string of the molecule is O=C(CN1CCC(F)(F)CC1)N1CC=C(c2cc3c(Nc4ccc5ncsc5c4)ccnc3[nH]2)CC1. The highest BCUT2D eigenvalue weighted by Gasteiger charge is 2.35. The van der Waals surface area contributed by atoms with Crippen LogP contribution in [0.5, 0.6) is 0 Å². The van der Waals surface area contributed by atoms with Gasteiger partial charge in [-0.25, -0.2) is 18.7 Å². The van der Waals surface area contributed by atoms with Crippen LogP contribution in [-0.2, 0) is 4.79 Å². The number of piperidine rings is 1. The molecule has 1 amide bonds. The Morgan fingerprint density at radius 1 is 1.14 bits per heavy atom. The lowest BCUT2D eigenvalue weighted by atomic mass is 10.0. The lowest BCUT2D eigenvalue weighted by Crippen LogP contribution is -2.46. The van der Waals surface area contributed by atoms with Crippen molar-refractivity contribution in [2.45, 2.75) is 25.2 Å². The summed E-state index contributed by atoms with van der Waals surface area (Å²) in [6, 6.07) is 10.2. The molecule has 186 valence electrons. The maximum absolute atomic E-state index is 13.4. The van der Waals surface area contributed by atoms with Crippen molar-refractivity contribution >= 4 is 55.4 Å². The number of aromatic amines is 1. The predicted octanol–water partition coefficient (Wildman–Crippen LogP) is 5.26. The average molecular weight is 509 g/mol. The number of alkyl halides is 2. The molecule has 0 atom stereocenters. The monoisotopic (exact) mass is 508 g/mol. The number of carbonyl (C=O) groups is 1. The van der Waals surface area contributed by atoms with Crippen LogP contribution in [-0.4, -0.2) is 69.3 Å².